The molecule has 4 nitrogen and oxygen atoms in total. The van der Waals surface area contributed by atoms with Gasteiger partial charge in [0.25, 0.3) is 0 Å². The second kappa shape index (κ2) is 5.13. The fourth-order valence-corrected chi connectivity index (χ4v) is 1.96. The average molecular weight is 268 g/mol. The predicted octanol–water partition coefficient (Wildman–Crippen LogP) is 3.16. The van der Waals surface area contributed by atoms with Gasteiger partial charge in [-0.25, -0.2) is 14.8 Å². The highest BCUT2D eigenvalue weighted by Crippen LogP contribution is 2.17. The van der Waals surface area contributed by atoms with Crippen LogP contribution in [-0.4, -0.2) is 15.8 Å². The number of anilines is 1. The lowest BCUT2D eigenvalue weighted by Gasteiger charge is -2.00. The Morgan fingerprint density at radius 2 is 1.90 bits per heavy atom. The summed E-state index contributed by atoms with van der Waals surface area (Å²) in [6, 6.07) is 14.0. The van der Waals surface area contributed by atoms with Gasteiger partial charge in [0.1, 0.15) is 5.82 Å². The molecule has 5 heteroatoms. The van der Waals surface area contributed by atoms with Crippen LogP contribution in [0, 0.1) is 5.82 Å². The van der Waals surface area contributed by atoms with Gasteiger partial charge in [0.15, 0.2) is 0 Å². The quantitative estimate of drug-likeness (QED) is 0.585. The summed E-state index contributed by atoms with van der Waals surface area (Å²) in [4.78, 5) is 4.44. The molecule has 1 N–H and O–H groups in total. The Bertz CT molecular complexity index is 759. The molecule has 2 aromatic carbocycles. The number of nitrogens with zero attached hydrogens (tertiary/aromatic N) is 3. The molecular weight excluding hydrogens is 255 g/mol. The van der Waals surface area contributed by atoms with Crippen molar-refractivity contribution in [3.63, 3.8) is 0 Å². The molecule has 1 aromatic heterocycles. The highest BCUT2D eigenvalue weighted by atomic mass is 19.1. The lowest BCUT2D eigenvalue weighted by atomic mass is 10.2. The van der Waals surface area contributed by atoms with Crippen LogP contribution < -0.4 is 5.43 Å². The number of fused-ring (bicyclic) bond motifs is 1. The van der Waals surface area contributed by atoms with Crippen molar-refractivity contribution in [2.24, 2.45) is 12.1 Å². The first-order valence-electron chi connectivity index (χ1n) is 6.20. The van der Waals surface area contributed by atoms with Crippen LogP contribution >= 0.6 is 0 Å². The Morgan fingerprint density at radius 1 is 1.15 bits per heavy atom. The van der Waals surface area contributed by atoms with E-state index < -0.39 is 0 Å². The second-order valence-electron chi connectivity index (χ2n) is 4.40. The van der Waals surface area contributed by atoms with Gasteiger partial charge in [-0.1, -0.05) is 24.3 Å². The minimum absolute atomic E-state index is 0.259. The largest absolute Gasteiger partial charge is 0.312 e. The number of aromatic nitrogens is 2. The van der Waals surface area contributed by atoms with E-state index in [0.29, 0.717) is 5.95 Å². The third-order valence-electron chi connectivity index (χ3n) is 3.04. The summed E-state index contributed by atoms with van der Waals surface area (Å²) in [7, 11) is 1.92. The van der Waals surface area contributed by atoms with Crippen molar-refractivity contribution < 1.29 is 4.39 Å². The topological polar surface area (TPSA) is 42.2 Å². The fraction of sp³-hybridized carbons (Fsp3) is 0.0667. The molecular formula is C15H13FN4. The maximum Gasteiger partial charge on any atom is 0.224 e. The Balaban J connectivity index is 1.80. The van der Waals surface area contributed by atoms with Crippen molar-refractivity contribution in [2.75, 3.05) is 5.43 Å². The highest BCUT2D eigenvalue weighted by Gasteiger charge is 2.04. The van der Waals surface area contributed by atoms with Gasteiger partial charge in [-0.3, -0.25) is 0 Å². The Hall–Kier alpha value is -2.69. The lowest BCUT2D eigenvalue weighted by Crippen LogP contribution is -1.98. The van der Waals surface area contributed by atoms with E-state index in [1.807, 2.05) is 35.9 Å². The summed E-state index contributed by atoms with van der Waals surface area (Å²) < 4.78 is 14.7. The molecule has 0 radical (unpaired) electrons. The molecule has 0 fully saturated rings. The van der Waals surface area contributed by atoms with E-state index in [1.165, 1.54) is 12.1 Å². The van der Waals surface area contributed by atoms with Crippen molar-refractivity contribution in [3.8, 4) is 0 Å². The van der Waals surface area contributed by atoms with Gasteiger partial charge in [-0.15, -0.1) is 0 Å². The SMILES string of the molecule is Cn1c(N/N=C\c2ccc(F)cc2)nc2ccccc21. The highest BCUT2D eigenvalue weighted by molar-refractivity contribution is 5.81. The number of para-hydroxylation sites is 2. The Labute approximate surface area is 115 Å². The van der Waals surface area contributed by atoms with Crippen LogP contribution in [0.25, 0.3) is 11.0 Å². The van der Waals surface area contributed by atoms with E-state index in [4.69, 9.17) is 0 Å². The number of hydrogen-bond acceptors (Lipinski definition) is 3. The van der Waals surface area contributed by atoms with Crippen molar-refractivity contribution in [1.29, 1.82) is 0 Å². The number of imidazole rings is 1. The van der Waals surface area contributed by atoms with Gasteiger partial charge < -0.3 is 4.57 Å². The third-order valence-corrected chi connectivity index (χ3v) is 3.04. The fourth-order valence-electron chi connectivity index (χ4n) is 1.96. The van der Waals surface area contributed by atoms with Crippen molar-refractivity contribution in [1.82, 2.24) is 9.55 Å². The molecule has 1 heterocycles. The van der Waals surface area contributed by atoms with Crippen molar-refractivity contribution in [2.45, 2.75) is 0 Å². The van der Waals surface area contributed by atoms with Crippen LogP contribution in [0.15, 0.2) is 53.6 Å². The summed E-state index contributed by atoms with van der Waals surface area (Å²) in [5, 5.41) is 4.12. The first-order chi connectivity index (χ1) is 9.74. The van der Waals surface area contributed by atoms with E-state index >= 15 is 0 Å². The molecule has 0 aliphatic carbocycles. The van der Waals surface area contributed by atoms with Gasteiger partial charge in [0.2, 0.25) is 5.95 Å². The minimum atomic E-state index is -0.259. The summed E-state index contributed by atoms with van der Waals surface area (Å²) in [5.74, 6) is 0.398. The zero-order valence-corrected chi connectivity index (χ0v) is 10.9. The molecule has 3 aromatic rings. The molecule has 0 unspecified atom stereocenters. The molecule has 0 aliphatic rings. The number of aryl methyl sites for hydroxylation is 1. The number of benzene rings is 2. The van der Waals surface area contributed by atoms with Gasteiger partial charge in [-0.2, -0.15) is 5.10 Å². The van der Waals surface area contributed by atoms with Gasteiger partial charge >= 0.3 is 0 Å². The summed E-state index contributed by atoms with van der Waals surface area (Å²) >= 11 is 0. The van der Waals surface area contributed by atoms with Crippen molar-refractivity contribution >= 4 is 23.2 Å². The zero-order chi connectivity index (χ0) is 13.9. The molecule has 0 atom stereocenters. The van der Waals surface area contributed by atoms with Crippen LogP contribution in [0.4, 0.5) is 10.3 Å². The minimum Gasteiger partial charge on any atom is -0.312 e. The smallest absolute Gasteiger partial charge is 0.224 e. The van der Waals surface area contributed by atoms with Gasteiger partial charge in [0, 0.05) is 7.05 Å². The molecule has 100 valence electrons. The maximum absolute atomic E-state index is 12.8. The monoisotopic (exact) mass is 268 g/mol. The van der Waals surface area contributed by atoms with E-state index in [1.54, 1.807) is 18.3 Å². The standard InChI is InChI=1S/C15H13FN4/c1-20-14-5-3-2-4-13(14)18-15(20)19-17-10-11-6-8-12(16)9-7-11/h2-10H,1H3,(H,18,19)/b17-10-. The van der Waals surface area contributed by atoms with Crippen LogP contribution in [0.1, 0.15) is 5.56 Å². The molecule has 0 saturated heterocycles. The summed E-state index contributed by atoms with van der Waals surface area (Å²) in [5.41, 5.74) is 5.66. The normalized spacial score (nSPS) is 11.3. The van der Waals surface area contributed by atoms with Crippen LogP contribution in [0.3, 0.4) is 0 Å². The number of hydrogen-bond donors (Lipinski definition) is 1. The third kappa shape index (κ3) is 2.38. The van der Waals surface area contributed by atoms with E-state index in [-0.39, 0.29) is 5.82 Å². The number of hydrazone groups is 1. The Kier molecular flexibility index (Phi) is 3.16. The van der Waals surface area contributed by atoms with Gasteiger partial charge in [0.05, 0.1) is 17.2 Å². The van der Waals surface area contributed by atoms with Crippen LogP contribution in [0.5, 0.6) is 0 Å². The summed E-state index contributed by atoms with van der Waals surface area (Å²) in [6.45, 7) is 0. The van der Waals surface area contributed by atoms with E-state index in [2.05, 4.69) is 15.5 Å². The average Bonchev–Trinajstić information content (AvgIpc) is 2.78. The predicted molar refractivity (Wildman–Crippen MR) is 78.3 cm³/mol. The molecule has 0 saturated carbocycles. The van der Waals surface area contributed by atoms with E-state index in [0.717, 1.165) is 16.6 Å². The van der Waals surface area contributed by atoms with Crippen LogP contribution in [0.2, 0.25) is 0 Å². The van der Waals surface area contributed by atoms with Crippen LogP contribution in [-0.2, 0) is 7.05 Å². The molecule has 0 amide bonds. The molecule has 0 spiro atoms. The molecule has 3 rings (SSSR count). The maximum atomic E-state index is 12.8. The van der Waals surface area contributed by atoms with Crippen molar-refractivity contribution in [3.05, 3.63) is 59.9 Å². The first-order valence-corrected chi connectivity index (χ1v) is 6.20. The lowest BCUT2D eigenvalue weighted by molar-refractivity contribution is 0.628. The molecule has 0 aliphatic heterocycles. The van der Waals surface area contributed by atoms with Gasteiger partial charge in [-0.05, 0) is 29.8 Å². The first kappa shape index (κ1) is 12.3. The molecule has 20 heavy (non-hydrogen) atoms. The zero-order valence-electron chi connectivity index (χ0n) is 10.9. The second-order valence-corrected chi connectivity index (χ2v) is 4.40. The number of halogens is 1. The number of rotatable bonds is 3. The summed E-state index contributed by atoms with van der Waals surface area (Å²) in [6.07, 6.45) is 1.62. The molecule has 0 bridgehead atoms. The van der Waals surface area contributed by atoms with E-state index in [9.17, 15) is 4.39 Å². The number of nitrogens with one attached hydrogen (secondary N) is 1. The Morgan fingerprint density at radius 3 is 2.65 bits per heavy atom.